The first kappa shape index (κ1) is 20.7. The van der Waals surface area contributed by atoms with Gasteiger partial charge in [-0.2, -0.15) is 0 Å². The molecule has 31 heavy (non-hydrogen) atoms. The quantitative estimate of drug-likeness (QED) is 0.640. The van der Waals surface area contributed by atoms with Crippen molar-refractivity contribution >= 4 is 17.5 Å². The second-order valence-electron chi connectivity index (χ2n) is 7.58. The van der Waals surface area contributed by atoms with E-state index in [-0.39, 0.29) is 17.6 Å². The Labute approximate surface area is 181 Å². The van der Waals surface area contributed by atoms with E-state index in [2.05, 4.69) is 17.4 Å². The fraction of sp³-hybridized carbons (Fsp3) is 0.250. The predicted octanol–water partition coefficient (Wildman–Crippen LogP) is 2.08. The Morgan fingerprint density at radius 2 is 1.74 bits per heavy atom. The first-order valence-corrected chi connectivity index (χ1v) is 10.3. The average Bonchev–Trinajstić information content (AvgIpc) is 3.35. The smallest absolute Gasteiger partial charge is 0.291 e. The molecule has 7 nitrogen and oxygen atoms in total. The Bertz CT molecular complexity index is 1010. The Kier molecular flexibility index (Phi) is 6.33. The molecule has 1 aromatic heterocycles. The number of rotatable bonds is 6. The highest BCUT2D eigenvalue weighted by Crippen LogP contribution is 2.14. The Morgan fingerprint density at radius 1 is 1.03 bits per heavy atom. The number of methoxy groups -OCH3 is 1. The second kappa shape index (κ2) is 9.49. The van der Waals surface area contributed by atoms with E-state index in [0.29, 0.717) is 11.3 Å². The van der Waals surface area contributed by atoms with Crippen molar-refractivity contribution in [1.29, 1.82) is 0 Å². The number of quaternary nitrogens is 1. The van der Waals surface area contributed by atoms with Gasteiger partial charge >= 0.3 is 0 Å². The number of anilines is 1. The van der Waals surface area contributed by atoms with Crippen LogP contribution in [0.4, 0.5) is 5.69 Å². The molecule has 1 fully saturated rings. The summed E-state index contributed by atoms with van der Waals surface area (Å²) in [5.74, 6) is 0.809. The Balaban J connectivity index is 1.28. The summed E-state index contributed by atoms with van der Waals surface area (Å²) < 4.78 is 10.3. The zero-order valence-electron chi connectivity index (χ0n) is 17.5. The van der Waals surface area contributed by atoms with Crippen LogP contribution in [0.2, 0.25) is 0 Å². The average molecular weight is 420 g/mol. The summed E-state index contributed by atoms with van der Waals surface area (Å²) in [7, 11) is 1.67. The highest BCUT2D eigenvalue weighted by Gasteiger charge is 2.24. The standard InChI is InChI=1S/C24H25N3O4/c1-30-21-10-4-18(5-11-21)17-26-12-14-27(15-13-26)24(29)19-6-8-20(9-7-19)25-23(28)22-3-2-16-31-22/h2-11,16H,12-15,17H2,1H3,(H,25,28)/p+1. The van der Waals surface area contributed by atoms with Gasteiger partial charge in [0, 0.05) is 16.8 Å². The molecule has 2 heterocycles. The molecule has 0 radical (unpaired) electrons. The fourth-order valence-electron chi connectivity index (χ4n) is 3.71. The first-order valence-electron chi connectivity index (χ1n) is 10.3. The van der Waals surface area contributed by atoms with E-state index in [1.807, 2.05) is 17.0 Å². The SMILES string of the molecule is COc1ccc(C[NH+]2CCN(C(=O)c3ccc(NC(=O)c4ccco4)cc3)CC2)cc1. The zero-order valence-corrected chi connectivity index (χ0v) is 17.5. The summed E-state index contributed by atoms with van der Waals surface area (Å²) >= 11 is 0. The van der Waals surface area contributed by atoms with Crippen LogP contribution in [0.25, 0.3) is 0 Å². The van der Waals surface area contributed by atoms with Crippen LogP contribution < -0.4 is 15.0 Å². The normalized spacial score (nSPS) is 14.3. The minimum Gasteiger partial charge on any atom is -0.497 e. The molecular formula is C24H26N3O4+. The highest BCUT2D eigenvalue weighted by molar-refractivity contribution is 6.02. The third-order valence-electron chi connectivity index (χ3n) is 5.51. The third kappa shape index (κ3) is 5.13. The number of piperazine rings is 1. The van der Waals surface area contributed by atoms with Gasteiger partial charge in [0.1, 0.15) is 12.3 Å². The van der Waals surface area contributed by atoms with E-state index in [9.17, 15) is 9.59 Å². The number of nitrogens with zero attached hydrogens (tertiary/aromatic N) is 1. The maximum atomic E-state index is 12.9. The predicted molar refractivity (Wildman–Crippen MR) is 116 cm³/mol. The maximum absolute atomic E-state index is 12.9. The van der Waals surface area contributed by atoms with Crippen molar-refractivity contribution < 1.29 is 23.6 Å². The third-order valence-corrected chi connectivity index (χ3v) is 5.51. The first-order chi connectivity index (χ1) is 15.1. The van der Waals surface area contributed by atoms with Crippen molar-refractivity contribution in [3.8, 4) is 5.75 Å². The van der Waals surface area contributed by atoms with Crippen LogP contribution in [0.15, 0.2) is 71.3 Å². The number of amides is 2. The van der Waals surface area contributed by atoms with Crippen LogP contribution >= 0.6 is 0 Å². The molecule has 2 amide bonds. The van der Waals surface area contributed by atoms with Gasteiger partial charge < -0.3 is 24.3 Å². The number of carbonyl (C=O) groups excluding carboxylic acids is 2. The van der Waals surface area contributed by atoms with Gasteiger partial charge in [-0.15, -0.1) is 0 Å². The van der Waals surface area contributed by atoms with E-state index >= 15 is 0 Å². The lowest BCUT2D eigenvalue weighted by Gasteiger charge is -2.32. The van der Waals surface area contributed by atoms with Crippen LogP contribution in [0, 0.1) is 0 Å². The van der Waals surface area contributed by atoms with E-state index in [1.165, 1.54) is 16.7 Å². The van der Waals surface area contributed by atoms with Gasteiger partial charge in [-0.1, -0.05) is 0 Å². The Morgan fingerprint density at radius 3 is 2.35 bits per heavy atom. The molecule has 0 saturated carbocycles. The van der Waals surface area contributed by atoms with E-state index in [1.54, 1.807) is 43.5 Å². The number of benzene rings is 2. The van der Waals surface area contributed by atoms with Gasteiger partial charge in [-0.3, -0.25) is 9.59 Å². The molecule has 0 atom stereocenters. The fourth-order valence-corrected chi connectivity index (χ4v) is 3.71. The lowest BCUT2D eigenvalue weighted by atomic mass is 10.1. The van der Waals surface area contributed by atoms with Crippen molar-refractivity contribution in [3.63, 3.8) is 0 Å². The minimum atomic E-state index is -0.319. The molecule has 7 heteroatoms. The molecular weight excluding hydrogens is 394 g/mol. The van der Waals surface area contributed by atoms with Gasteiger partial charge in [-0.25, -0.2) is 0 Å². The molecule has 0 aliphatic carbocycles. The topological polar surface area (TPSA) is 76.2 Å². The molecule has 160 valence electrons. The number of carbonyl (C=O) groups is 2. The molecule has 0 bridgehead atoms. The van der Waals surface area contributed by atoms with Crippen molar-refractivity contribution in [3.05, 3.63) is 83.8 Å². The maximum Gasteiger partial charge on any atom is 0.291 e. The van der Waals surface area contributed by atoms with Crippen LogP contribution in [0.3, 0.4) is 0 Å². The summed E-state index contributed by atoms with van der Waals surface area (Å²) in [5.41, 5.74) is 2.50. The largest absolute Gasteiger partial charge is 0.497 e. The number of furan rings is 1. The summed E-state index contributed by atoms with van der Waals surface area (Å²) in [6.07, 6.45) is 1.45. The summed E-state index contributed by atoms with van der Waals surface area (Å²) in [6, 6.07) is 18.4. The van der Waals surface area contributed by atoms with Crippen molar-refractivity contribution in [2.75, 3.05) is 38.6 Å². The minimum absolute atomic E-state index is 0.0207. The van der Waals surface area contributed by atoms with Crippen LogP contribution in [0.5, 0.6) is 5.75 Å². The summed E-state index contributed by atoms with van der Waals surface area (Å²) in [4.78, 5) is 28.3. The molecule has 1 aliphatic rings. The number of hydrogen-bond acceptors (Lipinski definition) is 4. The van der Waals surface area contributed by atoms with Crippen LogP contribution in [-0.2, 0) is 6.54 Å². The number of nitrogens with one attached hydrogen (secondary N) is 2. The van der Waals surface area contributed by atoms with Crippen LogP contribution in [-0.4, -0.2) is 50.0 Å². The van der Waals surface area contributed by atoms with Gasteiger partial charge in [0.2, 0.25) is 0 Å². The lowest BCUT2D eigenvalue weighted by Crippen LogP contribution is -3.13. The molecule has 3 aromatic rings. The van der Waals surface area contributed by atoms with Crippen molar-refractivity contribution in [2.24, 2.45) is 0 Å². The zero-order chi connectivity index (χ0) is 21.6. The molecule has 0 unspecified atom stereocenters. The lowest BCUT2D eigenvalue weighted by molar-refractivity contribution is -0.917. The highest BCUT2D eigenvalue weighted by atomic mass is 16.5. The summed E-state index contributed by atoms with van der Waals surface area (Å²) in [5, 5.41) is 2.76. The molecule has 2 aromatic carbocycles. The van der Waals surface area contributed by atoms with Gasteiger partial charge in [0.05, 0.1) is 39.6 Å². The van der Waals surface area contributed by atoms with E-state index in [0.717, 1.165) is 38.5 Å². The van der Waals surface area contributed by atoms with Crippen molar-refractivity contribution in [2.45, 2.75) is 6.54 Å². The van der Waals surface area contributed by atoms with Gasteiger partial charge in [0.15, 0.2) is 5.76 Å². The molecule has 0 spiro atoms. The molecule has 4 rings (SSSR count). The van der Waals surface area contributed by atoms with Crippen LogP contribution in [0.1, 0.15) is 26.5 Å². The second-order valence-corrected chi connectivity index (χ2v) is 7.58. The monoisotopic (exact) mass is 420 g/mol. The number of hydrogen-bond donors (Lipinski definition) is 2. The Hall–Kier alpha value is -3.58. The van der Waals surface area contributed by atoms with Gasteiger partial charge in [-0.05, 0) is 60.7 Å². The molecule has 1 saturated heterocycles. The van der Waals surface area contributed by atoms with E-state index in [4.69, 9.17) is 9.15 Å². The van der Waals surface area contributed by atoms with Crippen molar-refractivity contribution in [1.82, 2.24) is 4.90 Å². The number of ether oxygens (including phenoxy) is 1. The summed E-state index contributed by atoms with van der Waals surface area (Å²) in [6.45, 7) is 4.21. The van der Waals surface area contributed by atoms with Gasteiger partial charge in [0.25, 0.3) is 11.8 Å². The molecule has 1 aliphatic heterocycles. The molecule has 2 N–H and O–H groups in total. The van der Waals surface area contributed by atoms with E-state index < -0.39 is 0 Å².